The minimum absolute atomic E-state index is 0.173. The summed E-state index contributed by atoms with van der Waals surface area (Å²) in [5.41, 5.74) is 1.69. The number of nitrogens with one attached hydrogen (secondary N) is 1. The molecule has 0 radical (unpaired) electrons. The molecule has 1 aliphatic rings. The Bertz CT molecular complexity index is 1120. The fourth-order valence-electron chi connectivity index (χ4n) is 3.11. The lowest BCUT2D eigenvalue weighted by molar-refractivity contribution is -0.122. The first-order valence-electron chi connectivity index (χ1n) is 8.89. The van der Waals surface area contributed by atoms with Crippen molar-refractivity contribution in [1.82, 2.24) is 9.88 Å². The number of nitrogens with zero attached hydrogens (tertiary/aromatic N) is 2. The van der Waals surface area contributed by atoms with Crippen molar-refractivity contribution in [2.45, 2.75) is 6.54 Å². The van der Waals surface area contributed by atoms with Gasteiger partial charge in [0.05, 0.1) is 5.69 Å². The molecule has 0 saturated carbocycles. The average Bonchev–Trinajstić information content (AvgIpc) is 3.14. The molecule has 3 aromatic rings. The maximum atomic E-state index is 13.2. The van der Waals surface area contributed by atoms with Crippen molar-refractivity contribution in [2.24, 2.45) is 0 Å². The van der Waals surface area contributed by atoms with Crippen LogP contribution in [0, 0.1) is 5.82 Å². The summed E-state index contributed by atoms with van der Waals surface area (Å²) in [6.07, 6.45) is 3.29. The normalized spacial score (nSPS) is 15.7. The van der Waals surface area contributed by atoms with Gasteiger partial charge in [0.25, 0.3) is 11.8 Å². The molecule has 1 aromatic heterocycles. The average molecular weight is 389 g/mol. The molecule has 1 saturated heterocycles. The van der Waals surface area contributed by atoms with Crippen LogP contribution >= 0.6 is 0 Å². The number of carbonyl (C=O) groups is 3. The van der Waals surface area contributed by atoms with Gasteiger partial charge in [0.15, 0.2) is 0 Å². The lowest BCUT2D eigenvalue weighted by Crippen LogP contribution is -2.54. The summed E-state index contributed by atoms with van der Waals surface area (Å²) in [5, 5.41) is 2.16. The quantitative estimate of drug-likeness (QED) is 0.550. The number of hydrogen-bond acceptors (Lipinski definition) is 3. The predicted octanol–water partition coefficient (Wildman–Crippen LogP) is 3.34. The Labute approximate surface area is 165 Å². The number of barbiturate groups is 1. The van der Waals surface area contributed by atoms with Gasteiger partial charge in [-0.25, -0.2) is 14.1 Å². The van der Waals surface area contributed by atoms with Gasteiger partial charge in [0, 0.05) is 18.4 Å². The van der Waals surface area contributed by atoms with Gasteiger partial charge < -0.3 is 4.57 Å². The number of imide groups is 2. The van der Waals surface area contributed by atoms with Crippen LogP contribution in [-0.4, -0.2) is 22.4 Å². The monoisotopic (exact) mass is 389 g/mol. The number of carbonyl (C=O) groups excluding carboxylic acids is 3. The fraction of sp³-hybridized carbons (Fsp3) is 0.0455. The van der Waals surface area contributed by atoms with E-state index >= 15 is 0 Å². The van der Waals surface area contributed by atoms with Crippen LogP contribution in [0.1, 0.15) is 11.3 Å². The molecule has 0 spiro atoms. The zero-order valence-corrected chi connectivity index (χ0v) is 15.2. The predicted molar refractivity (Wildman–Crippen MR) is 105 cm³/mol. The lowest BCUT2D eigenvalue weighted by Gasteiger charge is -2.26. The summed E-state index contributed by atoms with van der Waals surface area (Å²) in [5.74, 6) is -2.03. The van der Waals surface area contributed by atoms with E-state index in [0.717, 1.165) is 22.6 Å². The smallest absolute Gasteiger partial charge is 0.335 e. The van der Waals surface area contributed by atoms with Crippen LogP contribution in [-0.2, 0) is 16.1 Å². The Kier molecular flexibility index (Phi) is 4.78. The second kappa shape index (κ2) is 7.55. The van der Waals surface area contributed by atoms with Crippen LogP contribution < -0.4 is 10.2 Å². The molecule has 6 nitrogen and oxygen atoms in total. The van der Waals surface area contributed by atoms with E-state index in [4.69, 9.17) is 0 Å². The fourth-order valence-corrected chi connectivity index (χ4v) is 3.11. The highest BCUT2D eigenvalue weighted by Crippen LogP contribution is 2.22. The Hall–Kier alpha value is -4.00. The van der Waals surface area contributed by atoms with Crippen LogP contribution in [0.5, 0.6) is 0 Å². The third kappa shape index (κ3) is 3.70. The third-order valence-electron chi connectivity index (χ3n) is 4.54. The molecule has 0 atom stereocenters. The molecule has 29 heavy (non-hydrogen) atoms. The first-order chi connectivity index (χ1) is 14.0. The Morgan fingerprint density at radius 3 is 2.34 bits per heavy atom. The van der Waals surface area contributed by atoms with E-state index < -0.39 is 23.7 Å². The molecule has 144 valence electrons. The van der Waals surface area contributed by atoms with E-state index in [1.807, 2.05) is 47.2 Å². The minimum Gasteiger partial charge on any atom is -0.344 e. The van der Waals surface area contributed by atoms with Crippen molar-refractivity contribution in [1.29, 1.82) is 0 Å². The van der Waals surface area contributed by atoms with Crippen molar-refractivity contribution >= 4 is 29.6 Å². The topological polar surface area (TPSA) is 71.4 Å². The summed E-state index contributed by atoms with van der Waals surface area (Å²) >= 11 is 0. The molecule has 2 heterocycles. The Morgan fingerprint density at radius 2 is 1.62 bits per heavy atom. The van der Waals surface area contributed by atoms with E-state index in [9.17, 15) is 18.8 Å². The molecular formula is C22H16FN3O3. The highest BCUT2D eigenvalue weighted by molar-refractivity contribution is 6.39. The molecule has 0 unspecified atom stereocenters. The van der Waals surface area contributed by atoms with Crippen LogP contribution in [0.4, 0.5) is 14.9 Å². The molecule has 4 rings (SSSR count). The second-order valence-corrected chi connectivity index (χ2v) is 6.48. The first-order valence-corrected chi connectivity index (χ1v) is 8.89. The van der Waals surface area contributed by atoms with Crippen molar-refractivity contribution < 1.29 is 18.8 Å². The number of halogens is 1. The number of hydrogen-bond donors (Lipinski definition) is 1. The second-order valence-electron chi connectivity index (χ2n) is 6.48. The SMILES string of the molecule is O=C1NC(=O)N(c2ccc(F)cc2)C(=O)/C1=C\c1cccn1Cc1ccccc1. The number of aromatic nitrogens is 1. The van der Waals surface area contributed by atoms with E-state index in [-0.39, 0.29) is 11.3 Å². The number of benzene rings is 2. The number of anilines is 1. The zero-order valence-electron chi connectivity index (χ0n) is 15.2. The Morgan fingerprint density at radius 1 is 0.897 bits per heavy atom. The summed E-state index contributed by atoms with van der Waals surface area (Å²) in [4.78, 5) is 38.2. The highest BCUT2D eigenvalue weighted by atomic mass is 19.1. The van der Waals surface area contributed by atoms with Gasteiger partial charge >= 0.3 is 6.03 Å². The molecule has 7 heteroatoms. The molecule has 1 fully saturated rings. The molecule has 4 amide bonds. The number of urea groups is 1. The summed E-state index contributed by atoms with van der Waals surface area (Å²) < 4.78 is 15.1. The zero-order chi connectivity index (χ0) is 20.4. The van der Waals surface area contributed by atoms with Gasteiger partial charge in [-0.2, -0.15) is 0 Å². The van der Waals surface area contributed by atoms with Crippen LogP contribution in [0.15, 0.2) is 78.5 Å². The van der Waals surface area contributed by atoms with Crippen LogP contribution in [0.25, 0.3) is 6.08 Å². The summed E-state index contributed by atoms with van der Waals surface area (Å²) in [7, 11) is 0. The van der Waals surface area contributed by atoms with Crippen molar-refractivity contribution in [3.63, 3.8) is 0 Å². The van der Waals surface area contributed by atoms with Gasteiger partial charge in [0.1, 0.15) is 11.4 Å². The van der Waals surface area contributed by atoms with Crippen molar-refractivity contribution in [3.8, 4) is 0 Å². The summed E-state index contributed by atoms with van der Waals surface area (Å²) in [6.45, 7) is 0.559. The number of amides is 4. The standard InChI is InChI=1S/C22H16FN3O3/c23-16-8-10-17(11-9-16)26-21(28)19(20(27)24-22(26)29)13-18-7-4-12-25(18)14-15-5-2-1-3-6-15/h1-13H,14H2,(H,24,27,29)/b19-13-. The van der Waals surface area contributed by atoms with Gasteiger partial charge in [-0.15, -0.1) is 0 Å². The van der Waals surface area contributed by atoms with E-state index in [1.165, 1.54) is 18.2 Å². The van der Waals surface area contributed by atoms with E-state index in [2.05, 4.69) is 5.32 Å². The van der Waals surface area contributed by atoms with Crippen LogP contribution in [0.3, 0.4) is 0 Å². The molecule has 2 aromatic carbocycles. The largest absolute Gasteiger partial charge is 0.344 e. The molecular weight excluding hydrogens is 373 g/mol. The van der Waals surface area contributed by atoms with Crippen LogP contribution in [0.2, 0.25) is 0 Å². The minimum atomic E-state index is -0.872. The molecule has 0 bridgehead atoms. The first kappa shape index (κ1) is 18.4. The lowest BCUT2D eigenvalue weighted by atomic mass is 10.1. The van der Waals surface area contributed by atoms with Gasteiger partial charge in [-0.05, 0) is 48.0 Å². The molecule has 1 N–H and O–H groups in total. The van der Waals surface area contributed by atoms with Crippen molar-refractivity contribution in [2.75, 3.05) is 4.90 Å². The summed E-state index contributed by atoms with van der Waals surface area (Å²) in [6, 6.07) is 17.3. The maximum absolute atomic E-state index is 13.2. The Balaban J connectivity index is 1.67. The van der Waals surface area contributed by atoms with Gasteiger partial charge in [-0.3, -0.25) is 14.9 Å². The number of rotatable bonds is 4. The highest BCUT2D eigenvalue weighted by Gasteiger charge is 2.36. The maximum Gasteiger partial charge on any atom is 0.335 e. The molecule has 0 aliphatic carbocycles. The van der Waals surface area contributed by atoms with E-state index in [1.54, 1.807) is 6.07 Å². The molecule has 1 aliphatic heterocycles. The third-order valence-corrected chi connectivity index (χ3v) is 4.54. The van der Waals surface area contributed by atoms with Gasteiger partial charge in [-0.1, -0.05) is 30.3 Å². The van der Waals surface area contributed by atoms with Crippen molar-refractivity contribution in [3.05, 3.63) is 95.6 Å². The van der Waals surface area contributed by atoms with E-state index in [0.29, 0.717) is 12.2 Å². The van der Waals surface area contributed by atoms with Gasteiger partial charge in [0.2, 0.25) is 0 Å².